The summed E-state index contributed by atoms with van der Waals surface area (Å²) in [5.74, 6) is -0.0601. The lowest BCUT2D eigenvalue weighted by atomic mass is 9.81. The van der Waals surface area contributed by atoms with Crippen LogP contribution in [0.5, 0.6) is 0 Å². The van der Waals surface area contributed by atoms with Crippen LogP contribution in [0.25, 0.3) is 0 Å². The number of sulfonamides is 1. The summed E-state index contributed by atoms with van der Waals surface area (Å²) in [5.41, 5.74) is 1.04. The minimum absolute atomic E-state index is 0.0547. The Kier molecular flexibility index (Phi) is 7.42. The van der Waals surface area contributed by atoms with Crippen LogP contribution in [0.15, 0.2) is 29.2 Å². The summed E-state index contributed by atoms with van der Waals surface area (Å²) in [6.07, 6.45) is 2.45. The van der Waals surface area contributed by atoms with Crippen LogP contribution < -0.4 is 15.4 Å². The van der Waals surface area contributed by atoms with E-state index < -0.39 is 16.1 Å². The molecule has 0 spiro atoms. The van der Waals surface area contributed by atoms with Crippen molar-refractivity contribution < 1.29 is 13.2 Å². The molecule has 1 amide bonds. The van der Waals surface area contributed by atoms with Gasteiger partial charge < -0.3 is 10.6 Å². The van der Waals surface area contributed by atoms with E-state index in [4.69, 9.17) is 0 Å². The van der Waals surface area contributed by atoms with Gasteiger partial charge in [0.1, 0.15) is 6.04 Å². The molecule has 0 aromatic heterocycles. The second-order valence-corrected chi connectivity index (χ2v) is 10.1. The lowest BCUT2D eigenvalue weighted by molar-refractivity contribution is -0.123. The van der Waals surface area contributed by atoms with Crippen molar-refractivity contribution in [1.29, 1.82) is 0 Å². The molecule has 1 aliphatic rings. The van der Waals surface area contributed by atoms with E-state index in [1.165, 1.54) is 0 Å². The Hall–Kier alpha value is -1.44. The first-order chi connectivity index (χ1) is 12.6. The number of nitrogens with one attached hydrogen (secondary N) is 3. The van der Waals surface area contributed by atoms with Crippen LogP contribution in [0.1, 0.15) is 45.6 Å². The summed E-state index contributed by atoms with van der Waals surface area (Å²) in [5, 5.41) is 6.31. The highest BCUT2D eigenvalue weighted by atomic mass is 32.2. The lowest BCUT2D eigenvalue weighted by Gasteiger charge is -2.34. The molecule has 6 nitrogen and oxygen atoms in total. The molecule has 1 heterocycles. The van der Waals surface area contributed by atoms with Crippen molar-refractivity contribution in [3.63, 3.8) is 0 Å². The average Bonchev–Trinajstić information content (AvgIpc) is 2.59. The van der Waals surface area contributed by atoms with Crippen LogP contribution in [0.4, 0.5) is 0 Å². The third-order valence-corrected chi connectivity index (χ3v) is 6.64. The number of rotatable bonds is 8. The molecular formula is C20H33N3O3S. The molecule has 1 aliphatic heterocycles. The first kappa shape index (κ1) is 21.9. The first-order valence-electron chi connectivity index (χ1n) is 9.69. The maximum absolute atomic E-state index is 12.8. The molecule has 0 aliphatic carbocycles. The number of aryl methyl sites for hydroxylation is 1. The Bertz CT molecular complexity index is 723. The molecular weight excluding hydrogens is 362 g/mol. The van der Waals surface area contributed by atoms with Gasteiger partial charge in [-0.3, -0.25) is 4.79 Å². The van der Waals surface area contributed by atoms with E-state index in [0.29, 0.717) is 13.0 Å². The fourth-order valence-electron chi connectivity index (χ4n) is 3.28. The first-order valence-corrected chi connectivity index (χ1v) is 11.2. The number of hydrogen-bond acceptors (Lipinski definition) is 4. The summed E-state index contributed by atoms with van der Waals surface area (Å²) < 4.78 is 28.0. The van der Waals surface area contributed by atoms with Crippen LogP contribution in [0, 0.1) is 18.3 Å². The van der Waals surface area contributed by atoms with Gasteiger partial charge in [0.05, 0.1) is 4.90 Å². The number of benzene rings is 1. The molecule has 0 saturated carbocycles. The number of carbonyl (C=O) groups is 1. The van der Waals surface area contributed by atoms with Crippen molar-refractivity contribution in [2.75, 3.05) is 19.6 Å². The fourth-order valence-corrected chi connectivity index (χ4v) is 4.49. The number of amides is 1. The second kappa shape index (κ2) is 9.17. The standard InChI is InChI=1S/C20H33N3O3S/c1-15(2)13-18(19(24)22-14-20(4)9-11-21-12-10-20)23-27(25,26)17-7-5-16(3)6-8-17/h5-8,15,18,21,23H,9-14H2,1-4H3,(H,22,24). The quantitative estimate of drug-likeness (QED) is 0.630. The molecule has 3 N–H and O–H groups in total. The highest BCUT2D eigenvalue weighted by Gasteiger charge is 2.30. The second-order valence-electron chi connectivity index (χ2n) is 8.39. The van der Waals surface area contributed by atoms with Gasteiger partial charge in [-0.2, -0.15) is 4.72 Å². The summed E-state index contributed by atoms with van der Waals surface area (Å²) in [4.78, 5) is 13.0. The minimum atomic E-state index is -3.75. The molecule has 1 atom stereocenters. The lowest BCUT2D eigenvalue weighted by Crippen LogP contribution is -2.50. The van der Waals surface area contributed by atoms with Gasteiger partial charge in [-0.15, -0.1) is 0 Å². The Morgan fingerprint density at radius 2 is 1.78 bits per heavy atom. The van der Waals surface area contributed by atoms with E-state index in [1.54, 1.807) is 24.3 Å². The molecule has 1 unspecified atom stereocenters. The Morgan fingerprint density at radius 1 is 1.19 bits per heavy atom. The molecule has 2 rings (SSSR count). The number of hydrogen-bond donors (Lipinski definition) is 3. The van der Waals surface area contributed by atoms with Gasteiger partial charge in [-0.05, 0) is 62.7 Å². The van der Waals surface area contributed by atoms with E-state index in [0.717, 1.165) is 31.5 Å². The van der Waals surface area contributed by atoms with Gasteiger partial charge >= 0.3 is 0 Å². The maximum Gasteiger partial charge on any atom is 0.241 e. The van der Waals surface area contributed by atoms with Crippen molar-refractivity contribution in [1.82, 2.24) is 15.4 Å². The highest BCUT2D eigenvalue weighted by molar-refractivity contribution is 7.89. The summed E-state index contributed by atoms with van der Waals surface area (Å²) >= 11 is 0. The zero-order valence-corrected chi connectivity index (χ0v) is 17.7. The van der Waals surface area contributed by atoms with Crippen molar-refractivity contribution in [2.45, 2.75) is 57.9 Å². The van der Waals surface area contributed by atoms with Crippen LogP contribution in [-0.2, 0) is 14.8 Å². The summed E-state index contributed by atoms with van der Waals surface area (Å²) in [6.45, 7) is 10.5. The molecule has 27 heavy (non-hydrogen) atoms. The van der Waals surface area contributed by atoms with Gasteiger partial charge in [0.25, 0.3) is 0 Å². The van der Waals surface area contributed by atoms with E-state index in [9.17, 15) is 13.2 Å². The SMILES string of the molecule is Cc1ccc(S(=O)(=O)NC(CC(C)C)C(=O)NCC2(C)CCNCC2)cc1. The van der Waals surface area contributed by atoms with Gasteiger partial charge in [-0.1, -0.05) is 38.5 Å². The van der Waals surface area contributed by atoms with Gasteiger partial charge in [-0.25, -0.2) is 8.42 Å². The van der Waals surface area contributed by atoms with Crippen LogP contribution in [0.3, 0.4) is 0 Å². The van der Waals surface area contributed by atoms with Gasteiger partial charge in [0.15, 0.2) is 0 Å². The predicted octanol–water partition coefficient (Wildman–Crippen LogP) is 2.19. The van der Waals surface area contributed by atoms with Crippen molar-refractivity contribution in [3.8, 4) is 0 Å². The largest absolute Gasteiger partial charge is 0.354 e. The van der Waals surface area contributed by atoms with Crippen molar-refractivity contribution in [3.05, 3.63) is 29.8 Å². The van der Waals surface area contributed by atoms with E-state index in [1.807, 2.05) is 20.8 Å². The van der Waals surface area contributed by atoms with Gasteiger partial charge in [0.2, 0.25) is 15.9 Å². The van der Waals surface area contributed by atoms with E-state index in [2.05, 4.69) is 22.3 Å². The smallest absolute Gasteiger partial charge is 0.241 e. The molecule has 152 valence electrons. The topological polar surface area (TPSA) is 87.3 Å². The molecule has 1 saturated heterocycles. The third kappa shape index (κ3) is 6.59. The molecule has 0 bridgehead atoms. The fraction of sp³-hybridized carbons (Fsp3) is 0.650. The zero-order valence-electron chi connectivity index (χ0n) is 16.8. The predicted molar refractivity (Wildman–Crippen MR) is 108 cm³/mol. The molecule has 1 aromatic carbocycles. The highest BCUT2D eigenvalue weighted by Crippen LogP contribution is 2.26. The number of carbonyl (C=O) groups excluding carboxylic acids is 1. The summed E-state index contributed by atoms with van der Waals surface area (Å²) in [7, 11) is -3.75. The van der Waals surface area contributed by atoms with Gasteiger partial charge in [0, 0.05) is 6.54 Å². The average molecular weight is 396 g/mol. The maximum atomic E-state index is 12.8. The molecule has 1 aromatic rings. The molecule has 1 fully saturated rings. The molecule has 0 radical (unpaired) electrons. The van der Waals surface area contributed by atoms with Crippen LogP contribution in [-0.4, -0.2) is 40.0 Å². The monoisotopic (exact) mass is 395 g/mol. The van der Waals surface area contributed by atoms with E-state index >= 15 is 0 Å². The van der Waals surface area contributed by atoms with Crippen molar-refractivity contribution in [2.24, 2.45) is 11.3 Å². The normalized spacial score (nSPS) is 18.3. The summed E-state index contributed by atoms with van der Waals surface area (Å²) in [6, 6.07) is 5.87. The Labute approximate surface area is 163 Å². The van der Waals surface area contributed by atoms with E-state index in [-0.39, 0.29) is 22.1 Å². The molecule has 7 heteroatoms. The number of piperidine rings is 1. The van der Waals surface area contributed by atoms with Crippen LogP contribution >= 0.6 is 0 Å². The Morgan fingerprint density at radius 3 is 2.33 bits per heavy atom. The Balaban J connectivity index is 2.07. The third-order valence-electron chi connectivity index (χ3n) is 5.15. The minimum Gasteiger partial charge on any atom is -0.354 e. The van der Waals surface area contributed by atoms with Crippen LogP contribution in [0.2, 0.25) is 0 Å². The zero-order chi connectivity index (χ0) is 20.1. The van der Waals surface area contributed by atoms with Crippen molar-refractivity contribution >= 4 is 15.9 Å².